The van der Waals surface area contributed by atoms with Gasteiger partial charge in [0.1, 0.15) is 11.8 Å². The van der Waals surface area contributed by atoms with Gasteiger partial charge in [0.25, 0.3) is 0 Å². The third-order valence-corrected chi connectivity index (χ3v) is 2.69. The standard InChI is InChI=1S/C15H13N3O/c1-11(14-10-17-5-6-18-14)7-12-3-4-15(19-2)13(8-12)9-16/h3-8,10H,1-2H3/b11-7-. The predicted octanol–water partition coefficient (Wildman–Crippen LogP) is 2.92. The van der Waals surface area contributed by atoms with Crippen molar-refractivity contribution in [3.8, 4) is 11.8 Å². The van der Waals surface area contributed by atoms with Crippen molar-refractivity contribution in [1.29, 1.82) is 5.26 Å². The van der Waals surface area contributed by atoms with Crippen LogP contribution in [0.1, 0.15) is 23.7 Å². The average molecular weight is 251 g/mol. The molecule has 19 heavy (non-hydrogen) atoms. The van der Waals surface area contributed by atoms with Gasteiger partial charge in [-0.05, 0) is 36.3 Å². The van der Waals surface area contributed by atoms with E-state index in [1.54, 1.807) is 37.8 Å². The molecule has 0 fully saturated rings. The Morgan fingerprint density at radius 3 is 2.84 bits per heavy atom. The summed E-state index contributed by atoms with van der Waals surface area (Å²) >= 11 is 0. The summed E-state index contributed by atoms with van der Waals surface area (Å²) in [4.78, 5) is 8.26. The normalized spacial score (nSPS) is 10.9. The fourth-order valence-corrected chi connectivity index (χ4v) is 1.73. The number of nitrogens with zero attached hydrogens (tertiary/aromatic N) is 3. The van der Waals surface area contributed by atoms with Crippen LogP contribution < -0.4 is 4.74 Å². The summed E-state index contributed by atoms with van der Waals surface area (Å²) in [5.74, 6) is 0.580. The number of benzene rings is 1. The topological polar surface area (TPSA) is 58.8 Å². The van der Waals surface area contributed by atoms with E-state index in [4.69, 9.17) is 10.00 Å². The van der Waals surface area contributed by atoms with E-state index in [-0.39, 0.29) is 0 Å². The van der Waals surface area contributed by atoms with Crippen molar-refractivity contribution in [2.45, 2.75) is 6.92 Å². The van der Waals surface area contributed by atoms with Gasteiger partial charge in [0.05, 0.1) is 24.6 Å². The molecule has 0 aliphatic rings. The molecule has 0 saturated carbocycles. The Kier molecular flexibility index (Phi) is 3.89. The van der Waals surface area contributed by atoms with Gasteiger partial charge in [-0.2, -0.15) is 5.26 Å². The molecule has 0 aliphatic carbocycles. The molecular formula is C15H13N3O. The summed E-state index contributed by atoms with van der Waals surface area (Å²) < 4.78 is 5.12. The van der Waals surface area contributed by atoms with Crippen LogP contribution in [-0.4, -0.2) is 17.1 Å². The largest absolute Gasteiger partial charge is 0.495 e. The van der Waals surface area contributed by atoms with Gasteiger partial charge in [0.2, 0.25) is 0 Å². The summed E-state index contributed by atoms with van der Waals surface area (Å²) in [5, 5.41) is 9.05. The lowest BCUT2D eigenvalue weighted by atomic mass is 10.1. The zero-order chi connectivity index (χ0) is 13.7. The summed E-state index contributed by atoms with van der Waals surface area (Å²) in [5.41, 5.74) is 3.25. The quantitative estimate of drug-likeness (QED) is 0.841. The van der Waals surface area contributed by atoms with Crippen molar-refractivity contribution >= 4 is 11.6 Å². The first-order valence-corrected chi connectivity index (χ1v) is 5.77. The van der Waals surface area contributed by atoms with Gasteiger partial charge < -0.3 is 4.74 Å². The van der Waals surface area contributed by atoms with Crippen molar-refractivity contribution in [1.82, 2.24) is 9.97 Å². The van der Waals surface area contributed by atoms with Crippen LogP contribution in [0.2, 0.25) is 0 Å². The Bertz CT molecular complexity index is 642. The second-order valence-electron chi connectivity index (χ2n) is 3.99. The minimum atomic E-state index is 0.517. The van der Waals surface area contributed by atoms with E-state index in [0.29, 0.717) is 11.3 Å². The summed E-state index contributed by atoms with van der Waals surface area (Å²) in [6.45, 7) is 1.96. The Hall–Kier alpha value is -2.67. The lowest BCUT2D eigenvalue weighted by Crippen LogP contribution is -1.89. The zero-order valence-corrected chi connectivity index (χ0v) is 10.8. The lowest BCUT2D eigenvalue weighted by Gasteiger charge is -2.04. The minimum absolute atomic E-state index is 0.517. The first-order chi connectivity index (χ1) is 9.24. The van der Waals surface area contributed by atoms with Crippen LogP contribution in [0.5, 0.6) is 5.75 Å². The van der Waals surface area contributed by atoms with E-state index in [0.717, 1.165) is 16.8 Å². The van der Waals surface area contributed by atoms with E-state index in [9.17, 15) is 0 Å². The molecule has 94 valence electrons. The molecule has 1 aromatic heterocycles. The highest BCUT2D eigenvalue weighted by molar-refractivity contribution is 5.78. The number of allylic oxidation sites excluding steroid dienone is 1. The smallest absolute Gasteiger partial charge is 0.136 e. The van der Waals surface area contributed by atoms with Crippen molar-refractivity contribution in [3.05, 3.63) is 53.6 Å². The SMILES string of the molecule is COc1ccc(/C=C(/C)c2cnccn2)cc1C#N. The molecule has 0 aliphatic heterocycles. The van der Waals surface area contributed by atoms with E-state index in [2.05, 4.69) is 16.0 Å². The molecule has 4 heteroatoms. The van der Waals surface area contributed by atoms with Gasteiger partial charge in [-0.15, -0.1) is 0 Å². The van der Waals surface area contributed by atoms with E-state index < -0.39 is 0 Å². The van der Waals surface area contributed by atoms with Gasteiger partial charge in [-0.3, -0.25) is 9.97 Å². The molecule has 2 rings (SSSR count). The molecule has 1 heterocycles. The number of ether oxygens (including phenoxy) is 1. The molecule has 0 unspecified atom stereocenters. The van der Waals surface area contributed by atoms with Crippen molar-refractivity contribution in [3.63, 3.8) is 0 Å². The number of nitriles is 1. The molecule has 0 spiro atoms. The van der Waals surface area contributed by atoms with Crippen LogP contribution in [0.15, 0.2) is 36.8 Å². The Morgan fingerprint density at radius 1 is 1.37 bits per heavy atom. The maximum atomic E-state index is 9.05. The maximum absolute atomic E-state index is 9.05. The monoisotopic (exact) mass is 251 g/mol. The van der Waals surface area contributed by atoms with Gasteiger partial charge in [0.15, 0.2) is 0 Å². The van der Waals surface area contributed by atoms with Crippen LogP contribution >= 0.6 is 0 Å². The average Bonchev–Trinajstić information content (AvgIpc) is 2.48. The zero-order valence-electron chi connectivity index (χ0n) is 10.8. The second kappa shape index (κ2) is 5.78. The molecular weight excluding hydrogens is 238 g/mol. The van der Waals surface area contributed by atoms with Crippen molar-refractivity contribution < 1.29 is 4.74 Å². The van der Waals surface area contributed by atoms with Crippen LogP contribution in [0, 0.1) is 11.3 Å². The lowest BCUT2D eigenvalue weighted by molar-refractivity contribution is 0.413. The molecule has 0 amide bonds. The third-order valence-electron chi connectivity index (χ3n) is 2.69. The molecule has 0 radical (unpaired) electrons. The molecule has 0 bridgehead atoms. The summed E-state index contributed by atoms with van der Waals surface area (Å²) in [6.07, 6.45) is 6.96. The molecule has 0 N–H and O–H groups in total. The number of rotatable bonds is 3. The van der Waals surface area contributed by atoms with Crippen LogP contribution in [0.25, 0.3) is 11.6 Å². The Labute approximate surface area is 112 Å². The van der Waals surface area contributed by atoms with Gasteiger partial charge in [0, 0.05) is 12.4 Å². The van der Waals surface area contributed by atoms with Crippen LogP contribution in [0.3, 0.4) is 0 Å². The number of hydrogen-bond donors (Lipinski definition) is 0. The number of methoxy groups -OCH3 is 1. The maximum Gasteiger partial charge on any atom is 0.136 e. The van der Waals surface area contributed by atoms with E-state index in [1.807, 2.05) is 19.1 Å². The highest BCUT2D eigenvalue weighted by atomic mass is 16.5. The fraction of sp³-hybridized carbons (Fsp3) is 0.133. The first kappa shape index (κ1) is 12.8. The number of hydrogen-bond acceptors (Lipinski definition) is 4. The minimum Gasteiger partial charge on any atom is -0.495 e. The van der Waals surface area contributed by atoms with E-state index in [1.165, 1.54) is 0 Å². The predicted molar refractivity (Wildman–Crippen MR) is 73.3 cm³/mol. The Morgan fingerprint density at radius 2 is 2.21 bits per heavy atom. The van der Waals surface area contributed by atoms with Gasteiger partial charge in [-0.1, -0.05) is 6.07 Å². The second-order valence-corrected chi connectivity index (χ2v) is 3.99. The molecule has 4 nitrogen and oxygen atoms in total. The van der Waals surface area contributed by atoms with Gasteiger partial charge >= 0.3 is 0 Å². The van der Waals surface area contributed by atoms with Gasteiger partial charge in [-0.25, -0.2) is 0 Å². The highest BCUT2D eigenvalue weighted by Crippen LogP contribution is 2.21. The molecule has 0 saturated heterocycles. The van der Waals surface area contributed by atoms with Crippen LogP contribution in [-0.2, 0) is 0 Å². The first-order valence-electron chi connectivity index (χ1n) is 5.77. The highest BCUT2D eigenvalue weighted by Gasteiger charge is 2.03. The van der Waals surface area contributed by atoms with Crippen LogP contribution in [0.4, 0.5) is 0 Å². The number of aromatic nitrogens is 2. The van der Waals surface area contributed by atoms with Crippen molar-refractivity contribution in [2.24, 2.45) is 0 Å². The molecule has 2 aromatic rings. The summed E-state index contributed by atoms with van der Waals surface area (Å²) in [6, 6.07) is 7.60. The Balaban J connectivity index is 2.36. The fourth-order valence-electron chi connectivity index (χ4n) is 1.73. The summed E-state index contributed by atoms with van der Waals surface area (Å²) in [7, 11) is 1.55. The molecule has 1 aromatic carbocycles. The van der Waals surface area contributed by atoms with Crippen molar-refractivity contribution in [2.75, 3.05) is 7.11 Å². The van der Waals surface area contributed by atoms with E-state index >= 15 is 0 Å². The third kappa shape index (κ3) is 2.96. The molecule has 0 atom stereocenters.